The summed E-state index contributed by atoms with van der Waals surface area (Å²) in [7, 11) is 0. The number of likely N-dealkylation sites (tertiary alicyclic amines) is 1. The summed E-state index contributed by atoms with van der Waals surface area (Å²) in [5.41, 5.74) is 5.34. The number of nitrogens with zero attached hydrogens (tertiary/aromatic N) is 1. The average Bonchev–Trinajstić information content (AvgIpc) is 2.17. The Hall–Kier alpha value is -0.610. The van der Waals surface area contributed by atoms with Gasteiger partial charge in [-0.25, -0.2) is 0 Å². The summed E-state index contributed by atoms with van der Waals surface area (Å²) in [6, 6.07) is 0.226. The van der Waals surface area contributed by atoms with Gasteiger partial charge in [-0.3, -0.25) is 4.79 Å². The van der Waals surface area contributed by atoms with E-state index in [1.54, 1.807) is 0 Å². The van der Waals surface area contributed by atoms with E-state index in [-0.39, 0.29) is 11.9 Å². The first-order valence-electron chi connectivity index (χ1n) is 6.33. The molecule has 0 spiro atoms. The molecule has 1 aliphatic rings. The van der Waals surface area contributed by atoms with E-state index in [0.717, 1.165) is 19.0 Å². The fraction of sp³-hybridized carbons (Fsp3) is 0.917. The monoisotopic (exact) mass is 227 g/mol. The maximum atomic E-state index is 11.3. The molecular formula is C12H25N3O. The predicted octanol–water partition coefficient (Wildman–Crippen LogP) is 0.572. The van der Waals surface area contributed by atoms with Gasteiger partial charge in [0, 0.05) is 32.1 Å². The maximum absolute atomic E-state index is 11.3. The van der Waals surface area contributed by atoms with Gasteiger partial charge in [0.05, 0.1) is 0 Å². The number of nitrogens with two attached hydrogens (primary N) is 1. The Morgan fingerprint density at radius 1 is 1.62 bits per heavy atom. The number of piperidine rings is 1. The van der Waals surface area contributed by atoms with Crippen LogP contribution in [0.2, 0.25) is 0 Å². The minimum absolute atomic E-state index is 0.0695. The van der Waals surface area contributed by atoms with Crippen molar-refractivity contribution >= 4 is 5.91 Å². The highest BCUT2D eigenvalue weighted by Crippen LogP contribution is 2.15. The van der Waals surface area contributed by atoms with E-state index in [1.165, 1.54) is 19.4 Å². The van der Waals surface area contributed by atoms with Gasteiger partial charge in [-0.1, -0.05) is 6.92 Å². The quantitative estimate of drug-likeness (QED) is 0.722. The van der Waals surface area contributed by atoms with Crippen LogP contribution >= 0.6 is 0 Å². The molecule has 0 aliphatic carbocycles. The van der Waals surface area contributed by atoms with E-state index in [9.17, 15) is 4.79 Å². The zero-order valence-corrected chi connectivity index (χ0v) is 10.5. The Bertz CT molecular complexity index is 220. The first-order chi connectivity index (χ1) is 7.61. The van der Waals surface area contributed by atoms with E-state index < -0.39 is 0 Å². The van der Waals surface area contributed by atoms with Gasteiger partial charge in [0.15, 0.2) is 0 Å². The van der Waals surface area contributed by atoms with Crippen molar-refractivity contribution in [2.24, 2.45) is 11.7 Å². The van der Waals surface area contributed by atoms with E-state index in [1.807, 2.05) is 0 Å². The summed E-state index contributed by atoms with van der Waals surface area (Å²) in [4.78, 5) is 13.8. The average molecular weight is 227 g/mol. The first-order valence-corrected chi connectivity index (χ1v) is 6.33. The summed E-state index contributed by atoms with van der Waals surface area (Å²) >= 11 is 0. The Morgan fingerprint density at radius 3 is 3.00 bits per heavy atom. The second kappa shape index (κ2) is 6.86. The molecule has 1 heterocycles. The van der Waals surface area contributed by atoms with Crippen LogP contribution in [0.15, 0.2) is 0 Å². The van der Waals surface area contributed by atoms with Gasteiger partial charge in [-0.2, -0.15) is 0 Å². The fourth-order valence-corrected chi connectivity index (χ4v) is 2.36. The van der Waals surface area contributed by atoms with Crippen LogP contribution in [0.4, 0.5) is 0 Å². The second-order valence-electron chi connectivity index (χ2n) is 5.01. The van der Waals surface area contributed by atoms with Gasteiger partial charge in [0.2, 0.25) is 5.91 Å². The lowest BCUT2D eigenvalue weighted by molar-refractivity contribution is -0.121. The van der Waals surface area contributed by atoms with E-state index in [4.69, 9.17) is 5.73 Å². The van der Waals surface area contributed by atoms with Crippen molar-refractivity contribution in [3.8, 4) is 0 Å². The highest BCUT2D eigenvalue weighted by molar-refractivity contribution is 5.76. The Morgan fingerprint density at radius 2 is 2.38 bits per heavy atom. The molecule has 4 nitrogen and oxygen atoms in total. The van der Waals surface area contributed by atoms with E-state index in [2.05, 4.69) is 24.1 Å². The summed E-state index contributed by atoms with van der Waals surface area (Å²) < 4.78 is 0. The minimum Gasteiger partial charge on any atom is -0.352 e. The smallest absolute Gasteiger partial charge is 0.221 e. The number of carbonyl (C=O) groups is 1. The Kier molecular flexibility index (Phi) is 5.77. The third-order valence-electron chi connectivity index (χ3n) is 3.05. The zero-order chi connectivity index (χ0) is 12.0. The lowest BCUT2D eigenvalue weighted by Crippen LogP contribution is -2.45. The van der Waals surface area contributed by atoms with Gasteiger partial charge in [0.1, 0.15) is 0 Å². The molecule has 0 bridgehead atoms. The minimum atomic E-state index is 0.0695. The van der Waals surface area contributed by atoms with Crippen LogP contribution < -0.4 is 11.1 Å². The molecule has 0 radical (unpaired) electrons. The molecule has 1 saturated heterocycles. The third-order valence-corrected chi connectivity index (χ3v) is 3.05. The molecule has 0 aromatic carbocycles. The fourth-order valence-electron chi connectivity index (χ4n) is 2.36. The van der Waals surface area contributed by atoms with Crippen LogP contribution in [-0.4, -0.2) is 43.0 Å². The molecule has 4 heteroatoms. The Labute approximate surface area is 98.6 Å². The lowest BCUT2D eigenvalue weighted by atomic mass is 10.00. The molecule has 0 aromatic rings. The summed E-state index contributed by atoms with van der Waals surface area (Å²) in [5.74, 6) is 0.862. The predicted molar refractivity (Wildman–Crippen MR) is 66.1 cm³/mol. The highest BCUT2D eigenvalue weighted by atomic mass is 16.1. The third kappa shape index (κ3) is 4.94. The van der Waals surface area contributed by atoms with Crippen molar-refractivity contribution in [2.45, 2.75) is 39.2 Å². The van der Waals surface area contributed by atoms with Crippen LogP contribution in [0.5, 0.6) is 0 Å². The molecule has 2 unspecified atom stereocenters. The van der Waals surface area contributed by atoms with Gasteiger partial charge in [-0.15, -0.1) is 0 Å². The van der Waals surface area contributed by atoms with Gasteiger partial charge >= 0.3 is 0 Å². The normalized spacial score (nSPS) is 24.1. The molecule has 1 rings (SSSR count). The van der Waals surface area contributed by atoms with Gasteiger partial charge < -0.3 is 16.0 Å². The van der Waals surface area contributed by atoms with Crippen LogP contribution in [0.25, 0.3) is 0 Å². The molecule has 1 aliphatic heterocycles. The van der Waals surface area contributed by atoms with Crippen LogP contribution in [0.3, 0.4) is 0 Å². The largest absolute Gasteiger partial charge is 0.352 e. The number of carbonyl (C=O) groups excluding carboxylic acids is 1. The molecule has 1 fully saturated rings. The zero-order valence-electron chi connectivity index (χ0n) is 10.5. The summed E-state index contributed by atoms with van der Waals surface area (Å²) in [5, 5.41) is 2.98. The number of rotatable bonds is 5. The van der Waals surface area contributed by atoms with Crippen molar-refractivity contribution in [3.05, 3.63) is 0 Å². The molecular weight excluding hydrogens is 202 g/mol. The van der Waals surface area contributed by atoms with Crippen molar-refractivity contribution in [1.29, 1.82) is 0 Å². The number of hydrogen-bond donors (Lipinski definition) is 2. The molecule has 1 amide bonds. The number of nitrogens with one attached hydrogen (secondary N) is 1. The molecule has 94 valence electrons. The molecule has 0 aromatic heterocycles. The topological polar surface area (TPSA) is 58.4 Å². The SMILES string of the molecule is CC1CCCN(CC(C)NC(=O)CCN)C1. The second-order valence-corrected chi connectivity index (χ2v) is 5.01. The number of hydrogen-bond acceptors (Lipinski definition) is 3. The number of amides is 1. The van der Waals surface area contributed by atoms with E-state index >= 15 is 0 Å². The maximum Gasteiger partial charge on any atom is 0.221 e. The molecule has 16 heavy (non-hydrogen) atoms. The van der Waals surface area contributed by atoms with Crippen LogP contribution in [0.1, 0.15) is 33.1 Å². The van der Waals surface area contributed by atoms with Crippen molar-refractivity contribution in [3.63, 3.8) is 0 Å². The highest BCUT2D eigenvalue weighted by Gasteiger charge is 2.18. The van der Waals surface area contributed by atoms with Crippen molar-refractivity contribution in [2.75, 3.05) is 26.2 Å². The summed E-state index contributed by atoms with van der Waals surface area (Å²) in [6.07, 6.45) is 3.05. The molecule has 3 N–H and O–H groups in total. The van der Waals surface area contributed by atoms with Gasteiger partial charge in [0.25, 0.3) is 0 Å². The standard InChI is InChI=1S/C12H25N3O/c1-10-4-3-7-15(8-10)9-11(2)14-12(16)5-6-13/h10-11H,3-9,13H2,1-2H3,(H,14,16). The molecule has 2 atom stereocenters. The first kappa shape index (κ1) is 13.5. The van der Waals surface area contributed by atoms with Crippen LogP contribution in [-0.2, 0) is 4.79 Å². The van der Waals surface area contributed by atoms with Gasteiger partial charge in [-0.05, 0) is 32.2 Å². The Balaban J connectivity index is 2.22. The van der Waals surface area contributed by atoms with Crippen LogP contribution in [0, 0.1) is 5.92 Å². The lowest BCUT2D eigenvalue weighted by Gasteiger charge is -2.32. The summed E-state index contributed by atoms with van der Waals surface area (Å²) in [6.45, 7) is 8.08. The van der Waals surface area contributed by atoms with Crippen molar-refractivity contribution in [1.82, 2.24) is 10.2 Å². The molecule has 0 saturated carbocycles. The van der Waals surface area contributed by atoms with E-state index in [0.29, 0.717) is 13.0 Å². The van der Waals surface area contributed by atoms with Crippen molar-refractivity contribution < 1.29 is 4.79 Å².